The first-order chi connectivity index (χ1) is 11.5. The van der Waals surface area contributed by atoms with Crippen molar-refractivity contribution in [2.45, 2.75) is 113 Å². The minimum absolute atomic E-state index is 0.340. The Kier molecular flexibility index (Phi) is 12.2. The molecule has 0 aromatic rings. The van der Waals surface area contributed by atoms with E-state index in [4.69, 9.17) is 28.3 Å². The van der Waals surface area contributed by atoms with Crippen LogP contribution in [0.1, 0.15) is 109 Å². The number of unbranched alkanes of at least 4 members (excludes halogenated alkanes) is 9. The zero-order valence-corrected chi connectivity index (χ0v) is 16.7. The van der Waals surface area contributed by atoms with Crippen molar-refractivity contribution in [2.75, 3.05) is 0 Å². The van der Waals surface area contributed by atoms with Crippen molar-refractivity contribution in [1.82, 2.24) is 0 Å². The predicted molar refractivity (Wildman–Crippen MR) is 104 cm³/mol. The quantitative estimate of drug-likeness (QED) is 0.250. The van der Waals surface area contributed by atoms with Crippen molar-refractivity contribution < 1.29 is 9.90 Å². The third-order valence-electron chi connectivity index (χ3n) is 5.39. The Hall–Kier alpha value is 0.0500. The Bertz CT molecular complexity index is 326. The van der Waals surface area contributed by atoms with Gasteiger partial charge in [0.2, 0.25) is 4.33 Å². The molecule has 0 atom stereocenters. The highest BCUT2D eigenvalue weighted by atomic mass is 35.5. The van der Waals surface area contributed by atoms with Crippen molar-refractivity contribution in [3.8, 4) is 0 Å². The van der Waals surface area contributed by atoms with Gasteiger partial charge in [0.05, 0.1) is 0 Å². The van der Waals surface area contributed by atoms with Crippen LogP contribution in [0.15, 0.2) is 0 Å². The van der Waals surface area contributed by atoms with Gasteiger partial charge in [0, 0.05) is 0 Å². The van der Waals surface area contributed by atoms with Gasteiger partial charge in [0.1, 0.15) is 0 Å². The van der Waals surface area contributed by atoms with Crippen LogP contribution in [0, 0.1) is 5.92 Å². The fourth-order valence-electron chi connectivity index (χ4n) is 3.78. The molecular weight excluding hydrogens is 343 g/mol. The van der Waals surface area contributed by atoms with Crippen LogP contribution in [0.2, 0.25) is 0 Å². The first-order valence-electron chi connectivity index (χ1n) is 10.1. The molecule has 0 aromatic heterocycles. The van der Waals surface area contributed by atoms with Gasteiger partial charge in [0.25, 0.3) is 0 Å². The maximum Gasteiger partial charge on any atom is 0.340 e. The molecule has 0 aromatic carbocycles. The van der Waals surface area contributed by atoms with Crippen molar-refractivity contribution in [3.63, 3.8) is 0 Å². The zero-order valence-electron chi connectivity index (χ0n) is 15.2. The molecule has 1 N–H and O–H groups in total. The maximum absolute atomic E-state index is 10.8. The van der Waals surface area contributed by atoms with Crippen LogP contribution in [0.3, 0.4) is 0 Å². The molecular formula is C20H36Cl2O2. The molecule has 142 valence electrons. The molecule has 24 heavy (non-hydrogen) atoms. The number of carbonyl (C=O) groups is 1. The van der Waals surface area contributed by atoms with Gasteiger partial charge in [0.15, 0.2) is 0 Å². The fraction of sp³-hybridized carbons (Fsp3) is 0.950. The minimum atomic E-state index is -1.60. The van der Waals surface area contributed by atoms with E-state index in [0.29, 0.717) is 6.42 Å². The van der Waals surface area contributed by atoms with Crippen LogP contribution in [0.5, 0.6) is 0 Å². The highest BCUT2D eigenvalue weighted by molar-refractivity contribution is 6.57. The molecule has 0 heterocycles. The topological polar surface area (TPSA) is 37.3 Å². The number of carboxylic acids is 1. The van der Waals surface area contributed by atoms with Crippen molar-refractivity contribution in [2.24, 2.45) is 5.92 Å². The Balaban J connectivity index is 1.78. The highest BCUT2D eigenvalue weighted by Crippen LogP contribution is 2.29. The van der Waals surface area contributed by atoms with Crippen LogP contribution < -0.4 is 0 Å². The van der Waals surface area contributed by atoms with Gasteiger partial charge in [-0.2, -0.15) is 0 Å². The molecule has 1 rings (SSSR count). The van der Waals surface area contributed by atoms with Crippen LogP contribution in [0.25, 0.3) is 0 Å². The van der Waals surface area contributed by atoms with E-state index in [-0.39, 0.29) is 0 Å². The molecule has 1 saturated carbocycles. The number of carboxylic acid groups (broad SMARTS) is 1. The number of hydrogen-bond acceptors (Lipinski definition) is 1. The Morgan fingerprint density at radius 2 is 1.25 bits per heavy atom. The Labute approximate surface area is 158 Å². The van der Waals surface area contributed by atoms with E-state index < -0.39 is 10.3 Å². The standard InChI is InChI=1S/C20H36Cl2O2/c21-20(22,19(23)24)17-13-8-6-4-2-1-3-5-7-10-14-18-15-11-9-12-16-18/h18H,1-17H2,(H,23,24). The van der Waals surface area contributed by atoms with E-state index in [1.165, 1.54) is 83.5 Å². The third-order valence-corrected chi connectivity index (χ3v) is 6.09. The molecule has 0 unspecified atom stereocenters. The minimum Gasteiger partial charge on any atom is -0.479 e. The van der Waals surface area contributed by atoms with Gasteiger partial charge in [-0.05, 0) is 18.8 Å². The summed E-state index contributed by atoms with van der Waals surface area (Å²) in [4.78, 5) is 10.8. The van der Waals surface area contributed by atoms with Gasteiger partial charge < -0.3 is 5.11 Å². The lowest BCUT2D eigenvalue weighted by molar-refractivity contribution is -0.138. The summed E-state index contributed by atoms with van der Waals surface area (Å²) in [5.41, 5.74) is 0. The summed E-state index contributed by atoms with van der Waals surface area (Å²) in [6.45, 7) is 0. The molecule has 0 spiro atoms. The predicted octanol–water partition coefficient (Wildman–Crippen LogP) is 7.51. The van der Waals surface area contributed by atoms with E-state index in [1.54, 1.807) is 0 Å². The molecule has 0 bridgehead atoms. The maximum atomic E-state index is 10.8. The Morgan fingerprint density at radius 3 is 1.75 bits per heavy atom. The molecule has 1 fully saturated rings. The van der Waals surface area contributed by atoms with Gasteiger partial charge in [-0.3, -0.25) is 0 Å². The average molecular weight is 379 g/mol. The lowest BCUT2D eigenvalue weighted by Crippen LogP contribution is -2.25. The second-order valence-corrected chi connectivity index (χ2v) is 9.07. The normalized spacial score (nSPS) is 16.4. The summed E-state index contributed by atoms with van der Waals surface area (Å²) in [6, 6.07) is 0. The largest absolute Gasteiger partial charge is 0.479 e. The van der Waals surface area contributed by atoms with Crippen molar-refractivity contribution in [3.05, 3.63) is 0 Å². The number of alkyl halides is 2. The molecule has 0 saturated heterocycles. The molecule has 0 radical (unpaired) electrons. The smallest absolute Gasteiger partial charge is 0.340 e. The van der Waals surface area contributed by atoms with Gasteiger partial charge in [-0.25, -0.2) is 4.79 Å². The number of halogens is 2. The van der Waals surface area contributed by atoms with E-state index in [0.717, 1.165) is 25.2 Å². The molecule has 2 nitrogen and oxygen atoms in total. The highest BCUT2D eigenvalue weighted by Gasteiger charge is 2.32. The molecule has 4 heteroatoms. The first kappa shape index (κ1) is 22.1. The number of hydrogen-bond donors (Lipinski definition) is 1. The monoisotopic (exact) mass is 378 g/mol. The van der Waals surface area contributed by atoms with Crippen molar-refractivity contribution >= 4 is 29.2 Å². The van der Waals surface area contributed by atoms with Crippen LogP contribution in [-0.4, -0.2) is 15.4 Å². The second-order valence-electron chi connectivity index (χ2n) is 7.59. The van der Waals surface area contributed by atoms with Gasteiger partial charge in [-0.1, -0.05) is 120 Å². The molecule has 1 aliphatic carbocycles. The summed E-state index contributed by atoms with van der Waals surface area (Å²) in [5, 5.41) is 8.81. The fourth-order valence-corrected chi connectivity index (χ4v) is 4.04. The van der Waals surface area contributed by atoms with E-state index in [9.17, 15) is 4.79 Å². The number of rotatable bonds is 14. The van der Waals surface area contributed by atoms with Crippen LogP contribution >= 0.6 is 23.2 Å². The van der Waals surface area contributed by atoms with E-state index in [2.05, 4.69) is 0 Å². The summed E-state index contributed by atoms with van der Waals surface area (Å²) in [5.74, 6) is -0.0890. The molecule has 0 amide bonds. The second kappa shape index (κ2) is 13.3. The van der Waals surface area contributed by atoms with Crippen LogP contribution in [0.4, 0.5) is 0 Å². The lowest BCUT2D eigenvalue weighted by atomic mass is 9.85. The van der Waals surface area contributed by atoms with Gasteiger partial charge >= 0.3 is 5.97 Å². The van der Waals surface area contributed by atoms with Crippen LogP contribution in [-0.2, 0) is 4.79 Å². The third kappa shape index (κ3) is 10.8. The SMILES string of the molecule is O=C(O)C(Cl)(Cl)CCCCCCCCCCCCC1CCCCC1. The van der Waals surface area contributed by atoms with E-state index in [1.807, 2.05) is 0 Å². The zero-order chi connectivity index (χ0) is 17.7. The average Bonchev–Trinajstić information content (AvgIpc) is 2.56. The summed E-state index contributed by atoms with van der Waals surface area (Å²) >= 11 is 11.4. The van der Waals surface area contributed by atoms with Gasteiger partial charge in [-0.15, -0.1) is 0 Å². The Morgan fingerprint density at radius 1 is 0.792 bits per heavy atom. The first-order valence-corrected chi connectivity index (χ1v) is 10.9. The lowest BCUT2D eigenvalue weighted by Gasteiger charge is -2.21. The molecule has 0 aliphatic heterocycles. The molecule has 1 aliphatic rings. The summed E-state index contributed by atoms with van der Waals surface area (Å²) < 4.78 is -1.60. The van der Waals surface area contributed by atoms with Crippen molar-refractivity contribution in [1.29, 1.82) is 0 Å². The van der Waals surface area contributed by atoms with E-state index >= 15 is 0 Å². The summed E-state index contributed by atoms with van der Waals surface area (Å²) in [7, 11) is 0. The summed E-state index contributed by atoms with van der Waals surface area (Å²) in [6.07, 6.45) is 21.7. The number of aliphatic carboxylic acids is 1.